The summed E-state index contributed by atoms with van der Waals surface area (Å²) in [6.45, 7) is 0.606. The number of fused-ring (bicyclic) bond motifs is 1. The SMILES string of the molecule is NS(=O)(=O)c1ccc(C2=C(c3ccc(F)cc3)Cc3ccccc3O2)cc1.S=C1C=COC1. The van der Waals surface area contributed by atoms with Gasteiger partial charge in [-0.05, 0) is 59.7 Å². The summed E-state index contributed by atoms with van der Waals surface area (Å²) in [5.41, 5.74) is 3.49. The zero-order valence-electron chi connectivity index (χ0n) is 17.4. The van der Waals surface area contributed by atoms with Gasteiger partial charge in [0.25, 0.3) is 0 Å². The molecule has 0 atom stereocenters. The fraction of sp³-hybridized carbons (Fsp3) is 0.0800. The van der Waals surface area contributed by atoms with Crippen molar-refractivity contribution < 1.29 is 22.3 Å². The van der Waals surface area contributed by atoms with Gasteiger partial charge in [0.2, 0.25) is 10.0 Å². The van der Waals surface area contributed by atoms with E-state index in [1.165, 1.54) is 24.3 Å². The molecule has 33 heavy (non-hydrogen) atoms. The van der Waals surface area contributed by atoms with Gasteiger partial charge in [0.1, 0.15) is 23.9 Å². The molecule has 0 radical (unpaired) electrons. The Hall–Kier alpha value is -3.33. The Labute approximate surface area is 197 Å². The molecule has 0 aromatic heterocycles. The third-order valence-electron chi connectivity index (χ3n) is 5.04. The van der Waals surface area contributed by atoms with Crippen LogP contribution < -0.4 is 9.88 Å². The molecule has 5 rings (SSSR count). The molecule has 2 N–H and O–H groups in total. The number of halogens is 1. The lowest BCUT2D eigenvalue weighted by atomic mass is 9.92. The predicted octanol–water partition coefficient (Wildman–Crippen LogP) is 4.88. The van der Waals surface area contributed by atoms with Crippen molar-refractivity contribution in [3.8, 4) is 5.75 Å². The van der Waals surface area contributed by atoms with E-state index in [0.29, 0.717) is 18.8 Å². The molecule has 2 aliphatic heterocycles. The van der Waals surface area contributed by atoms with Crippen LogP contribution >= 0.6 is 12.2 Å². The highest BCUT2D eigenvalue weighted by molar-refractivity contribution is 7.89. The van der Waals surface area contributed by atoms with Gasteiger partial charge in [-0.2, -0.15) is 0 Å². The number of hydrogen-bond acceptors (Lipinski definition) is 5. The second kappa shape index (κ2) is 9.66. The lowest BCUT2D eigenvalue weighted by molar-refractivity contribution is 0.317. The van der Waals surface area contributed by atoms with Gasteiger partial charge in [0.15, 0.2) is 0 Å². The smallest absolute Gasteiger partial charge is 0.238 e. The van der Waals surface area contributed by atoms with Crippen LogP contribution in [0.5, 0.6) is 5.75 Å². The standard InChI is InChI=1S/C21H16FNO3S.C4H4OS/c22-17-9-5-14(6-10-17)19-13-16-3-1-2-4-20(16)26-21(19)15-7-11-18(12-8-15)27(23,24)25;6-4-1-2-5-3-4/h1-12H,13H2,(H2,23,24,25);1-2H,3H2. The molecule has 0 unspecified atom stereocenters. The van der Waals surface area contributed by atoms with E-state index in [4.69, 9.17) is 26.8 Å². The molecule has 2 heterocycles. The van der Waals surface area contributed by atoms with Crippen LogP contribution in [-0.2, 0) is 21.2 Å². The molecule has 2 aliphatic rings. The predicted molar refractivity (Wildman–Crippen MR) is 129 cm³/mol. The maximum absolute atomic E-state index is 13.4. The molecule has 0 bridgehead atoms. The highest BCUT2D eigenvalue weighted by Crippen LogP contribution is 2.39. The first-order valence-electron chi connectivity index (χ1n) is 10.0. The van der Waals surface area contributed by atoms with Crippen LogP contribution in [0.25, 0.3) is 11.3 Å². The number of allylic oxidation sites excluding steroid dienone is 1. The van der Waals surface area contributed by atoms with Crippen LogP contribution in [0.3, 0.4) is 0 Å². The second-order valence-electron chi connectivity index (χ2n) is 7.35. The molecule has 3 aromatic rings. The van der Waals surface area contributed by atoms with E-state index < -0.39 is 10.0 Å². The summed E-state index contributed by atoms with van der Waals surface area (Å²) in [5.74, 6) is 1.05. The maximum Gasteiger partial charge on any atom is 0.238 e. The minimum Gasteiger partial charge on any atom is -0.496 e. The first-order valence-corrected chi connectivity index (χ1v) is 12.0. The molecule has 0 spiro atoms. The molecule has 3 aromatic carbocycles. The quantitative estimate of drug-likeness (QED) is 0.540. The molecule has 8 heteroatoms. The monoisotopic (exact) mass is 481 g/mol. The van der Waals surface area contributed by atoms with E-state index in [2.05, 4.69) is 0 Å². The number of nitrogens with two attached hydrogens (primary N) is 1. The van der Waals surface area contributed by atoms with E-state index >= 15 is 0 Å². The van der Waals surface area contributed by atoms with Gasteiger partial charge in [-0.25, -0.2) is 17.9 Å². The number of benzene rings is 3. The summed E-state index contributed by atoms with van der Waals surface area (Å²) in [6, 6.07) is 20.2. The van der Waals surface area contributed by atoms with Crippen molar-refractivity contribution in [3.05, 3.63) is 108 Å². The summed E-state index contributed by atoms with van der Waals surface area (Å²) in [4.78, 5) is 0.918. The molecule has 0 fully saturated rings. The van der Waals surface area contributed by atoms with Crippen molar-refractivity contribution in [2.45, 2.75) is 11.3 Å². The first kappa shape index (κ1) is 22.8. The average molecular weight is 482 g/mol. The van der Waals surface area contributed by atoms with Crippen LogP contribution in [0.1, 0.15) is 16.7 Å². The van der Waals surface area contributed by atoms with Crippen molar-refractivity contribution in [1.29, 1.82) is 0 Å². The van der Waals surface area contributed by atoms with Crippen LogP contribution in [0, 0.1) is 5.82 Å². The van der Waals surface area contributed by atoms with Crippen molar-refractivity contribution >= 4 is 38.4 Å². The molecule has 0 amide bonds. The van der Waals surface area contributed by atoms with Crippen molar-refractivity contribution in [1.82, 2.24) is 0 Å². The second-order valence-corrected chi connectivity index (χ2v) is 9.44. The highest BCUT2D eigenvalue weighted by atomic mass is 32.2. The first-order chi connectivity index (χ1) is 15.8. The summed E-state index contributed by atoms with van der Waals surface area (Å²) >= 11 is 4.71. The van der Waals surface area contributed by atoms with Gasteiger partial charge < -0.3 is 9.47 Å². The van der Waals surface area contributed by atoms with Crippen LogP contribution in [0.15, 0.2) is 90.0 Å². The molecule has 5 nitrogen and oxygen atoms in total. The maximum atomic E-state index is 13.4. The largest absolute Gasteiger partial charge is 0.496 e. The highest BCUT2D eigenvalue weighted by Gasteiger charge is 2.22. The summed E-state index contributed by atoms with van der Waals surface area (Å²) < 4.78 is 47.2. The molecule has 0 saturated carbocycles. The van der Waals surface area contributed by atoms with Gasteiger partial charge in [-0.3, -0.25) is 0 Å². The average Bonchev–Trinajstić information content (AvgIpc) is 3.29. The van der Waals surface area contributed by atoms with Gasteiger partial charge in [0, 0.05) is 17.6 Å². The molecular formula is C25H20FNO4S2. The van der Waals surface area contributed by atoms with Gasteiger partial charge >= 0.3 is 0 Å². The lowest BCUT2D eigenvalue weighted by Crippen LogP contribution is -2.12. The number of para-hydroxylation sites is 1. The van der Waals surface area contributed by atoms with Gasteiger partial charge in [-0.1, -0.05) is 42.5 Å². The fourth-order valence-corrected chi connectivity index (χ4v) is 4.05. The molecule has 0 saturated heterocycles. The van der Waals surface area contributed by atoms with Crippen LogP contribution in [0.4, 0.5) is 4.39 Å². The third-order valence-corrected chi connectivity index (χ3v) is 6.22. The Balaban J connectivity index is 0.000000376. The Morgan fingerprint density at radius 3 is 2.15 bits per heavy atom. The van der Waals surface area contributed by atoms with Crippen LogP contribution in [-0.4, -0.2) is 19.9 Å². The van der Waals surface area contributed by atoms with Gasteiger partial charge in [-0.15, -0.1) is 0 Å². The number of rotatable bonds is 3. The van der Waals surface area contributed by atoms with E-state index in [9.17, 15) is 12.8 Å². The zero-order valence-corrected chi connectivity index (χ0v) is 19.0. The summed E-state index contributed by atoms with van der Waals surface area (Å²) in [7, 11) is -3.77. The summed E-state index contributed by atoms with van der Waals surface area (Å²) in [5, 5.41) is 5.17. The lowest BCUT2D eigenvalue weighted by Gasteiger charge is -2.24. The Bertz CT molecular complexity index is 1350. The van der Waals surface area contributed by atoms with Crippen molar-refractivity contribution in [2.75, 3.05) is 6.61 Å². The zero-order chi connectivity index (χ0) is 23.4. The molecule has 0 aliphatic carbocycles. The van der Waals surface area contributed by atoms with Crippen LogP contribution in [0.2, 0.25) is 0 Å². The van der Waals surface area contributed by atoms with E-state index in [1.807, 2.05) is 24.3 Å². The number of thiocarbonyl (C=S) groups is 1. The van der Waals surface area contributed by atoms with E-state index in [1.54, 1.807) is 36.6 Å². The minimum absolute atomic E-state index is 0.0337. The van der Waals surface area contributed by atoms with E-state index in [-0.39, 0.29) is 10.7 Å². The fourth-order valence-electron chi connectivity index (χ4n) is 3.41. The van der Waals surface area contributed by atoms with E-state index in [0.717, 1.165) is 32.9 Å². The number of primary sulfonamides is 1. The minimum atomic E-state index is -3.77. The number of sulfonamides is 1. The Morgan fingerprint density at radius 1 is 0.909 bits per heavy atom. The topological polar surface area (TPSA) is 78.6 Å². The molecule has 168 valence electrons. The third kappa shape index (κ3) is 5.54. The number of hydrogen-bond donors (Lipinski definition) is 1. The molecular weight excluding hydrogens is 461 g/mol. The van der Waals surface area contributed by atoms with Crippen molar-refractivity contribution in [3.63, 3.8) is 0 Å². The van der Waals surface area contributed by atoms with Crippen molar-refractivity contribution in [2.24, 2.45) is 5.14 Å². The Morgan fingerprint density at radius 2 is 1.58 bits per heavy atom. The van der Waals surface area contributed by atoms with Gasteiger partial charge in [0.05, 0.1) is 16.0 Å². The Kier molecular flexibility index (Phi) is 6.69. The normalized spacial score (nSPS) is 14.7. The number of ether oxygens (including phenoxy) is 2. The summed E-state index contributed by atoms with van der Waals surface area (Å²) in [6.07, 6.45) is 4.02.